The fraction of sp³-hybridized carbons (Fsp3) is 0.588. The predicted octanol–water partition coefficient (Wildman–Crippen LogP) is 3.29. The van der Waals surface area contributed by atoms with Gasteiger partial charge in [0.05, 0.1) is 11.0 Å². The molecule has 0 amide bonds. The topological polar surface area (TPSA) is 26.9 Å². The van der Waals surface area contributed by atoms with Crippen molar-refractivity contribution in [1.82, 2.24) is 9.13 Å². The second-order valence-corrected chi connectivity index (χ2v) is 6.79. The van der Waals surface area contributed by atoms with Crippen LogP contribution >= 0.6 is 0 Å². The van der Waals surface area contributed by atoms with Gasteiger partial charge in [0.1, 0.15) is 0 Å². The molecular formula is C17H24N2O. The first-order chi connectivity index (χ1) is 9.41. The molecule has 1 heterocycles. The van der Waals surface area contributed by atoms with Crippen LogP contribution in [0.5, 0.6) is 0 Å². The van der Waals surface area contributed by atoms with Crippen molar-refractivity contribution in [2.24, 2.45) is 18.9 Å². The lowest BCUT2D eigenvalue weighted by Crippen LogP contribution is -2.23. The third-order valence-corrected chi connectivity index (χ3v) is 4.85. The van der Waals surface area contributed by atoms with Crippen molar-refractivity contribution >= 4 is 11.0 Å². The van der Waals surface area contributed by atoms with Gasteiger partial charge >= 0.3 is 5.69 Å². The molecule has 1 atom stereocenters. The number of fused-ring (bicyclic) bond motifs is 3. The van der Waals surface area contributed by atoms with Gasteiger partial charge in [0.2, 0.25) is 0 Å². The zero-order valence-electron chi connectivity index (χ0n) is 13.1. The van der Waals surface area contributed by atoms with Gasteiger partial charge in [0.15, 0.2) is 0 Å². The van der Waals surface area contributed by atoms with E-state index in [9.17, 15) is 4.79 Å². The minimum atomic E-state index is 0.108. The molecule has 0 spiro atoms. The normalized spacial score (nSPS) is 18.4. The molecular weight excluding hydrogens is 248 g/mol. The summed E-state index contributed by atoms with van der Waals surface area (Å²) >= 11 is 0. The zero-order chi connectivity index (χ0) is 14.6. The fourth-order valence-corrected chi connectivity index (χ4v) is 3.60. The Bertz CT molecular complexity index is 719. The van der Waals surface area contributed by atoms with E-state index in [1.165, 1.54) is 11.1 Å². The molecule has 0 bridgehead atoms. The summed E-state index contributed by atoms with van der Waals surface area (Å²) in [5.41, 5.74) is 5.20. The van der Waals surface area contributed by atoms with Gasteiger partial charge < -0.3 is 0 Å². The summed E-state index contributed by atoms with van der Waals surface area (Å²) in [6.07, 6.45) is 2.27. The SMILES string of the molecule is CC(C)C1Cc2ccc3c(c2C1)n(C)c(=O)n3C(C)C. The molecule has 3 nitrogen and oxygen atoms in total. The second-order valence-electron chi connectivity index (χ2n) is 6.79. The van der Waals surface area contributed by atoms with Gasteiger partial charge in [-0.15, -0.1) is 0 Å². The third kappa shape index (κ3) is 1.75. The molecule has 1 aliphatic carbocycles. The Morgan fingerprint density at radius 2 is 1.85 bits per heavy atom. The minimum absolute atomic E-state index is 0.108. The van der Waals surface area contributed by atoms with Gasteiger partial charge in [-0.05, 0) is 55.7 Å². The molecule has 0 radical (unpaired) electrons. The number of benzene rings is 1. The average Bonchev–Trinajstić information content (AvgIpc) is 2.90. The van der Waals surface area contributed by atoms with Gasteiger partial charge in [-0.2, -0.15) is 0 Å². The first kappa shape index (κ1) is 13.5. The maximum absolute atomic E-state index is 12.5. The maximum Gasteiger partial charge on any atom is 0.329 e. The quantitative estimate of drug-likeness (QED) is 0.824. The molecule has 3 heteroatoms. The van der Waals surface area contributed by atoms with Crippen LogP contribution in [-0.2, 0) is 19.9 Å². The van der Waals surface area contributed by atoms with E-state index in [2.05, 4.69) is 39.8 Å². The van der Waals surface area contributed by atoms with Crippen molar-refractivity contribution < 1.29 is 0 Å². The van der Waals surface area contributed by atoms with Gasteiger partial charge in [-0.3, -0.25) is 9.13 Å². The molecule has 1 aromatic carbocycles. The summed E-state index contributed by atoms with van der Waals surface area (Å²) in [5.74, 6) is 1.41. The largest absolute Gasteiger partial charge is 0.329 e. The molecule has 0 N–H and O–H groups in total. The summed E-state index contributed by atoms with van der Waals surface area (Å²) in [6, 6.07) is 4.57. The molecule has 0 fully saturated rings. The van der Waals surface area contributed by atoms with Crippen molar-refractivity contribution in [2.75, 3.05) is 0 Å². The highest BCUT2D eigenvalue weighted by Gasteiger charge is 2.28. The lowest BCUT2D eigenvalue weighted by Gasteiger charge is -2.12. The first-order valence-electron chi connectivity index (χ1n) is 7.63. The van der Waals surface area contributed by atoms with Crippen molar-refractivity contribution in [2.45, 2.75) is 46.6 Å². The summed E-state index contributed by atoms with van der Waals surface area (Å²) in [6.45, 7) is 8.74. The molecule has 20 heavy (non-hydrogen) atoms. The number of aromatic nitrogens is 2. The van der Waals surface area contributed by atoms with Crippen molar-refractivity contribution in [3.63, 3.8) is 0 Å². The van der Waals surface area contributed by atoms with Crippen molar-refractivity contribution in [1.29, 1.82) is 0 Å². The van der Waals surface area contributed by atoms with Crippen LogP contribution in [0.1, 0.15) is 44.9 Å². The minimum Gasteiger partial charge on any atom is -0.295 e. The molecule has 1 aliphatic rings. The Kier molecular flexibility index (Phi) is 3.03. The highest BCUT2D eigenvalue weighted by atomic mass is 16.1. The Morgan fingerprint density at radius 3 is 2.45 bits per heavy atom. The number of hydrogen-bond donors (Lipinski definition) is 0. The van der Waals surface area contributed by atoms with Crippen molar-refractivity contribution in [3.8, 4) is 0 Å². The first-order valence-corrected chi connectivity index (χ1v) is 7.63. The van der Waals surface area contributed by atoms with E-state index in [0.29, 0.717) is 11.8 Å². The van der Waals surface area contributed by atoms with Gasteiger partial charge in [-0.1, -0.05) is 19.9 Å². The molecule has 0 saturated carbocycles. The van der Waals surface area contributed by atoms with Crippen LogP contribution in [0, 0.1) is 11.8 Å². The molecule has 0 aliphatic heterocycles. The molecule has 108 valence electrons. The average molecular weight is 272 g/mol. The fourth-order valence-electron chi connectivity index (χ4n) is 3.60. The van der Waals surface area contributed by atoms with E-state index < -0.39 is 0 Å². The summed E-state index contributed by atoms with van der Waals surface area (Å²) < 4.78 is 3.76. The predicted molar refractivity (Wildman–Crippen MR) is 83.3 cm³/mol. The Balaban J connectivity index is 2.27. The molecule has 1 unspecified atom stereocenters. The van der Waals surface area contributed by atoms with E-state index in [4.69, 9.17) is 0 Å². The standard InChI is InChI=1S/C17H24N2O/c1-10(2)13-8-12-6-7-15-16(14(12)9-13)18(5)17(20)19(15)11(3)4/h6-7,10-11,13H,8-9H2,1-5H3. The van der Waals surface area contributed by atoms with Crippen LogP contribution in [0.15, 0.2) is 16.9 Å². The molecule has 3 rings (SSSR count). The van der Waals surface area contributed by atoms with E-state index in [1.54, 1.807) is 0 Å². The number of aryl methyl sites for hydroxylation is 1. The van der Waals surface area contributed by atoms with Gasteiger partial charge in [0.25, 0.3) is 0 Å². The number of hydrogen-bond acceptors (Lipinski definition) is 1. The summed E-state index contributed by atoms with van der Waals surface area (Å²) in [4.78, 5) is 12.5. The maximum atomic E-state index is 12.5. The summed E-state index contributed by atoms with van der Waals surface area (Å²) in [5, 5.41) is 0. The lowest BCUT2D eigenvalue weighted by atomic mass is 9.93. The molecule has 0 saturated heterocycles. The van der Waals surface area contributed by atoms with E-state index in [0.717, 1.165) is 23.9 Å². The van der Waals surface area contributed by atoms with Crippen LogP contribution in [0.4, 0.5) is 0 Å². The Hall–Kier alpha value is -1.51. The van der Waals surface area contributed by atoms with Crippen molar-refractivity contribution in [3.05, 3.63) is 33.7 Å². The molecule has 1 aromatic heterocycles. The monoisotopic (exact) mass is 272 g/mol. The number of imidazole rings is 1. The van der Waals surface area contributed by atoms with E-state index >= 15 is 0 Å². The van der Waals surface area contributed by atoms with Crippen LogP contribution in [0.3, 0.4) is 0 Å². The van der Waals surface area contributed by atoms with Crippen LogP contribution in [-0.4, -0.2) is 9.13 Å². The second kappa shape index (κ2) is 4.51. The smallest absolute Gasteiger partial charge is 0.295 e. The van der Waals surface area contributed by atoms with Gasteiger partial charge in [-0.25, -0.2) is 4.79 Å². The zero-order valence-corrected chi connectivity index (χ0v) is 13.1. The Labute approximate surface area is 120 Å². The number of rotatable bonds is 2. The Morgan fingerprint density at radius 1 is 1.15 bits per heavy atom. The summed E-state index contributed by atoms with van der Waals surface area (Å²) in [7, 11) is 1.91. The van der Waals surface area contributed by atoms with Crippen LogP contribution < -0.4 is 5.69 Å². The number of nitrogens with zero attached hydrogens (tertiary/aromatic N) is 2. The van der Waals surface area contributed by atoms with E-state index in [-0.39, 0.29) is 11.7 Å². The van der Waals surface area contributed by atoms with Gasteiger partial charge in [0, 0.05) is 13.1 Å². The molecule has 2 aromatic rings. The highest BCUT2D eigenvalue weighted by molar-refractivity contribution is 5.82. The lowest BCUT2D eigenvalue weighted by molar-refractivity contribution is 0.404. The van der Waals surface area contributed by atoms with Crippen LogP contribution in [0.25, 0.3) is 11.0 Å². The van der Waals surface area contributed by atoms with E-state index in [1.807, 2.05) is 16.2 Å². The van der Waals surface area contributed by atoms with Crippen LogP contribution in [0.2, 0.25) is 0 Å². The third-order valence-electron chi connectivity index (χ3n) is 4.85. The highest BCUT2D eigenvalue weighted by Crippen LogP contribution is 2.36.